The van der Waals surface area contributed by atoms with Crippen molar-refractivity contribution < 1.29 is 8.42 Å². The van der Waals surface area contributed by atoms with Crippen LogP contribution in [0.5, 0.6) is 0 Å². The number of likely N-dealkylation sites (N-methyl/N-ethyl adjacent to an activating group) is 1. The highest BCUT2D eigenvalue weighted by Crippen LogP contribution is 2.21. The highest BCUT2D eigenvalue weighted by molar-refractivity contribution is 7.86. The van der Waals surface area contributed by atoms with Crippen LogP contribution in [0.15, 0.2) is 18.3 Å². The van der Waals surface area contributed by atoms with Crippen LogP contribution in [0.25, 0.3) is 0 Å². The summed E-state index contributed by atoms with van der Waals surface area (Å²) >= 11 is 5.92. The van der Waals surface area contributed by atoms with Gasteiger partial charge in [0.1, 0.15) is 5.15 Å². The molecule has 2 saturated heterocycles. The van der Waals surface area contributed by atoms with Crippen molar-refractivity contribution in [3.8, 4) is 0 Å². The number of piperazine rings is 2. The normalized spacial score (nSPS) is 22.4. The fourth-order valence-electron chi connectivity index (χ4n) is 2.95. The Morgan fingerprint density at radius 3 is 2.13 bits per heavy atom. The van der Waals surface area contributed by atoms with Gasteiger partial charge in [-0.05, 0) is 19.2 Å². The van der Waals surface area contributed by atoms with E-state index in [-0.39, 0.29) is 0 Å². The Kier molecular flexibility index (Phi) is 5.07. The monoisotopic (exact) mass is 359 g/mol. The summed E-state index contributed by atoms with van der Waals surface area (Å²) in [5, 5.41) is 0.454. The van der Waals surface area contributed by atoms with E-state index in [0.29, 0.717) is 44.4 Å². The number of aromatic nitrogens is 1. The topological polar surface area (TPSA) is 60.0 Å². The molecule has 0 aliphatic carbocycles. The first kappa shape index (κ1) is 16.9. The zero-order valence-electron chi connectivity index (χ0n) is 13.2. The van der Waals surface area contributed by atoms with E-state index in [1.165, 1.54) is 0 Å². The molecule has 9 heteroatoms. The lowest BCUT2D eigenvalue weighted by atomic mass is 10.3. The molecular weight excluding hydrogens is 338 g/mol. The number of hydrogen-bond donors (Lipinski definition) is 0. The summed E-state index contributed by atoms with van der Waals surface area (Å²) in [6.45, 7) is 5.02. The highest BCUT2D eigenvalue weighted by atomic mass is 35.5. The average molecular weight is 360 g/mol. The van der Waals surface area contributed by atoms with E-state index in [1.807, 2.05) is 19.2 Å². The number of halogens is 1. The van der Waals surface area contributed by atoms with Crippen molar-refractivity contribution in [1.29, 1.82) is 0 Å². The van der Waals surface area contributed by atoms with Gasteiger partial charge in [-0.1, -0.05) is 11.6 Å². The molecule has 0 aromatic carbocycles. The molecule has 0 amide bonds. The van der Waals surface area contributed by atoms with Gasteiger partial charge in [0.05, 0.1) is 0 Å². The highest BCUT2D eigenvalue weighted by Gasteiger charge is 2.33. The molecule has 0 atom stereocenters. The zero-order chi connectivity index (χ0) is 16.4. The van der Waals surface area contributed by atoms with Crippen molar-refractivity contribution in [2.24, 2.45) is 0 Å². The minimum atomic E-state index is -3.35. The summed E-state index contributed by atoms with van der Waals surface area (Å²) in [5.41, 5.74) is 0.988. The van der Waals surface area contributed by atoms with Crippen LogP contribution in [-0.2, 0) is 10.2 Å². The number of hydrogen-bond acceptors (Lipinski definition) is 5. The molecule has 128 valence electrons. The molecule has 2 aliphatic rings. The Balaban J connectivity index is 1.62. The fourth-order valence-corrected chi connectivity index (χ4v) is 4.69. The standard InChI is InChI=1S/C14H22ClN5O2S/c1-17-4-8-19(9-5-17)23(21,22)20-10-6-18(7-11-20)13-2-3-16-14(15)12-13/h2-3,12H,4-11H2,1H3. The molecule has 0 N–H and O–H groups in total. The van der Waals surface area contributed by atoms with Gasteiger partial charge in [-0.3, -0.25) is 0 Å². The summed E-state index contributed by atoms with van der Waals surface area (Å²) in [4.78, 5) is 8.27. The van der Waals surface area contributed by atoms with Gasteiger partial charge in [-0.2, -0.15) is 17.0 Å². The number of rotatable bonds is 3. The van der Waals surface area contributed by atoms with Gasteiger partial charge in [-0.25, -0.2) is 4.98 Å². The first-order valence-corrected chi connectivity index (χ1v) is 9.54. The molecule has 1 aromatic rings. The molecule has 23 heavy (non-hydrogen) atoms. The Morgan fingerprint density at radius 1 is 1.00 bits per heavy atom. The van der Waals surface area contributed by atoms with Gasteiger partial charge in [-0.15, -0.1) is 0 Å². The fraction of sp³-hybridized carbons (Fsp3) is 0.643. The van der Waals surface area contributed by atoms with Crippen LogP contribution in [0.2, 0.25) is 5.15 Å². The lowest BCUT2D eigenvalue weighted by Crippen LogP contribution is -2.56. The van der Waals surface area contributed by atoms with Crippen molar-refractivity contribution >= 4 is 27.5 Å². The van der Waals surface area contributed by atoms with E-state index < -0.39 is 10.2 Å². The van der Waals surface area contributed by atoms with E-state index in [9.17, 15) is 8.42 Å². The van der Waals surface area contributed by atoms with E-state index in [4.69, 9.17) is 11.6 Å². The maximum atomic E-state index is 12.7. The third-order valence-corrected chi connectivity index (χ3v) is 6.67. The first-order valence-electron chi connectivity index (χ1n) is 7.77. The Hall–Kier alpha value is -0.930. The predicted molar refractivity (Wildman–Crippen MR) is 91.0 cm³/mol. The minimum Gasteiger partial charge on any atom is -0.369 e. The molecule has 0 unspecified atom stereocenters. The van der Waals surface area contributed by atoms with Crippen molar-refractivity contribution in [1.82, 2.24) is 18.5 Å². The second-order valence-electron chi connectivity index (χ2n) is 5.93. The van der Waals surface area contributed by atoms with Crippen molar-refractivity contribution in [2.45, 2.75) is 0 Å². The third kappa shape index (κ3) is 3.77. The SMILES string of the molecule is CN1CCN(S(=O)(=O)N2CCN(c3ccnc(Cl)c3)CC2)CC1. The smallest absolute Gasteiger partial charge is 0.282 e. The molecular formula is C14H22ClN5O2S. The number of anilines is 1. The van der Waals surface area contributed by atoms with Crippen LogP contribution in [-0.4, -0.2) is 86.3 Å². The molecule has 1 aromatic heterocycles. The molecule has 7 nitrogen and oxygen atoms in total. The van der Waals surface area contributed by atoms with Gasteiger partial charge >= 0.3 is 0 Å². The van der Waals surface area contributed by atoms with Gasteiger partial charge in [0, 0.05) is 64.2 Å². The van der Waals surface area contributed by atoms with E-state index in [2.05, 4.69) is 14.8 Å². The largest absolute Gasteiger partial charge is 0.369 e. The summed E-state index contributed by atoms with van der Waals surface area (Å²) < 4.78 is 28.7. The van der Waals surface area contributed by atoms with Crippen LogP contribution in [0.4, 0.5) is 5.69 Å². The van der Waals surface area contributed by atoms with Crippen LogP contribution in [0, 0.1) is 0 Å². The van der Waals surface area contributed by atoms with E-state index in [1.54, 1.807) is 14.8 Å². The molecule has 0 saturated carbocycles. The maximum absolute atomic E-state index is 12.7. The van der Waals surface area contributed by atoms with Crippen LogP contribution < -0.4 is 4.90 Å². The van der Waals surface area contributed by atoms with E-state index in [0.717, 1.165) is 18.8 Å². The first-order chi connectivity index (χ1) is 11.0. The second kappa shape index (κ2) is 6.90. The third-order valence-electron chi connectivity index (χ3n) is 4.43. The molecule has 0 radical (unpaired) electrons. The van der Waals surface area contributed by atoms with Gasteiger partial charge in [0.2, 0.25) is 0 Å². The second-order valence-corrected chi connectivity index (χ2v) is 8.25. The van der Waals surface area contributed by atoms with Gasteiger partial charge < -0.3 is 9.80 Å². The Bertz CT molecular complexity index is 640. The maximum Gasteiger partial charge on any atom is 0.282 e. The number of nitrogens with zero attached hydrogens (tertiary/aromatic N) is 5. The van der Waals surface area contributed by atoms with Crippen LogP contribution in [0.1, 0.15) is 0 Å². The van der Waals surface area contributed by atoms with Gasteiger partial charge in [0.25, 0.3) is 10.2 Å². The predicted octanol–water partition coefficient (Wildman–Crippen LogP) is 0.349. The van der Waals surface area contributed by atoms with Crippen LogP contribution >= 0.6 is 11.6 Å². The molecule has 2 aliphatic heterocycles. The summed E-state index contributed by atoms with van der Waals surface area (Å²) in [7, 11) is -1.33. The lowest BCUT2D eigenvalue weighted by Gasteiger charge is -2.39. The Labute approximate surface area is 142 Å². The quantitative estimate of drug-likeness (QED) is 0.729. The summed E-state index contributed by atoms with van der Waals surface area (Å²) in [5.74, 6) is 0. The minimum absolute atomic E-state index is 0.454. The molecule has 0 bridgehead atoms. The molecule has 2 fully saturated rings. The summed E-state index contributed by atoms with van der Waals surface area (Å²) in [6, 6.07) is 3.71. The van der Waals surface area contributed by atoms with Gasteiger partial charge in [0.15, 0.2) is 0 Å². The van der Waals surface area contributed by atoms with Crippen molar-refractivity contribution in [3.05, 3.63) is 23.5 Å². The molecule has 0 spiro atoms. The molecule has 3 heterocycles. The van der Waals surface area contributed by atoms with Crippen molar-refractivity contribution in [3.63, 3.8) is 0 Å². The summed E-state index contributed by atoms with van der Waals surface area (Å²) in [6.07, 6.45) is 1.67. The number of pyridine rings is 1. The van der Waals surface area contributed by atoms with Crippen molar-refractivity contribution in [2.75, 3.05) is 64.3 Å². The Morgan fingerprint density at radius 2 is 1.57 bits per heavy atom. The lowest BCUT2D eigenvalue weighted by molar-refractivity contribution is 0.210. The van der Waals surface area contributed by atoms with E-state index >= 15 is 0 Å². The average Bonchev–Trinajstić information content (AvgIpc) is 2.55. The zero-order valence-corrected chi connectivity index (χ0v) is 14.8. The van der Waals surface area contributed by atoms with Crippen LogP contribution in [0.3, 0.4) is 0 Å². The molecule has 3 rings (SSSR count).